The summed E-state index contributed by atoms with van der Waals surface area (Å²) >= 11 is 11.8. The lowest BCUT2D eigenvalue weighted by atomic mass is 10.0. The third-order valence-electron chi connectivity index (χ3n) is 2.14. The number of benzene rings is 1. The molecular formula is C9H10Cl2N4. The Morgan fingerprint density at radius 3 is 2.20 bits per heavy atom. The van der Waals surface area contributed by atoms with Crippen molar-refractivity contribution in [3.63, 3.8) is 0 Å². The molecule has 80 valence electrons. The highest BCUT2D eigenvalue weighted by atomic mass is 35.5. The van der Waals surface area contributed by atoms with Crippen LogP contribution < -0.4 is 22.3 Å². The molecule has 15 heavy (non-hydrogen) atoms. The van der Waals surface area contributed by atoms with E-state index < -0.39 is 5.66 Å². The highest BCUT2D eigenvalue weighted by Crippen LogP contribution is 2.26. The van der Waals surface area contributed by atoms with E-state index in [1.165, 1.54) is 0 Å². The van der Waals surface area contributed by atoms with Crippen molar-refractivity contribution >= 4 is 23.2 Å². The van der Waals surface area contributed by atoms with Crippen LogP contribution in [0.25, 0.3) is 0 Å². The fourth-order valence-corrected chi connectivity index (χ4v) is 1.97. The zero-order valence-electron chi connectivity index (χ0n) is 7.72. The Kier molecular flexibility index (Phi) is 2.52. The molecule has 0 saturated carbocycles. The molecule has 4 nitrogen and oxygen atoms in total. The van der Waals surface area contributed by atoms with Crippen LogP contribution in [0.15, 0.2) is 30.1 Å². The normalized spacial score (nSPS) is 24.9. The first kappa shape index (κ1) is 10.6. The number of rotatable bonds is 1. The largest absolute Gasteiger partial charge is 0.385 e. The molecule has 0 fully saturated rings. The van der Waals surface area contributed by atoms with Gasteiger partial charge >= 0.3 is 0 Å². The first-order valence-electron chi connectivity index (χ1n) is 4.26. The third kappa shape index (κ3) is 2.03. The minimum Gasteiger partial charge on any atom is -0.385 e. The monoisotopic (exact) mass is 244 g/mol. The van der Waals surface area contributed by atoms with E-state index in [1.54, 1.807) is 24.3 Å². The molecule has 6 heteroatoms. The lowest BCUT2D eigenvalue weighted by Crippen LogP contribution is -2.49. The van der Waals surface area contributed by atoms with Crippen LogP contribution in [0, 0.1) is 0 Å². The van der Waals surface area contributed by atoms with Gasteiger partial charge in [0.25, 0.3) is 0 Å². The molecule has 1 aliphatic rings. The van der Waals surface area contributed by atoms with Gasteiger partial charge in [0, 0.05) is 10.0 Å². The summed E-state index contributed by atoms with van der Waals surface area (Å²) in [5.74, 6) is 0.466. The van der Waals surface area contributed by atoms with Crippen molar-refractivity contribution in [2.24, 2.45) is 11.5 Å². The van der Waals surface area contributed by atoms with Gasteiger partial charge in [0.2, 0.25) is 0 Å². The molecule has 0 spiro atoms. The molecule has 1 heterocycles. The topological polar surface area (TPSA) is 76.1 Å². The van der Waals surface area contributed by atoms with E-state index in [0.29, 0.717) is 15.9 Å². The van der Waals surface area contributed by atoms with E-state index in [1.807, 2.05) is 0 Å². The Bertz CT molecular complexity index is 412. The van der Waals surface area contributed by atoms with E-state index in [4.69, 9.17) is 34.7 Å². The number of hydrazine groups is 1. The summed E-state index contributed by atoms with van der Waals surface area (Å²) in [5.41, 5.74) is 17.1. The number of halogens is 2. The lowest BCUT2D eigenvalue weighted by molar-refractivity contribution is 0.427. The molecule has 0 radical (unpaired) electrons. The molecule has 1 unspecified atom stereocenters. The van der Waals surface area contributed by atoms with Crippen LogP contribution in [0.5, 0.6) is 0 Å². The minimum absolute atomic E-state index is 0.466. The number of nitrogens with two attached hydrogens (primary N) is 2. The molecule has 0 amide bonds. The van der Waals surface area contributed by atoms with Crippen molar-refractivity contribution < 1.29 is 0 Å². The molecule has 0 saturated heterocycles. The maximum Gasteiger partial charge on any atom is 0.132 e. The van der Waals surface area contributed by atoms with Crippen molar-refractivity contribution in [1.82, 2.24) is 10.9 Å². The average Bonchev–Trinajstić information content (AvgIpc) is 2.46. The molecule has 1 aromatic rings. The number of nitrogens with one attached hydrogen (secondary N) is 2. The fraction of sp³-hybridized carbons (Fsp3) is 0.111. The molecule has 2 rings (SSSR count). The molecule has 6 N–H and O–H groups in total. The van der Waals surface area contributed by atoms with Crippen LogP contribution in [0.2, 0.25) is 10.0 Å². The van der Waals surface area contributed by atoms with Gasteiger partial charge in [0.1, 0.15) is 11.5 Å². The average molecular weight is 245 g/mol. The van der Waals surface area contributed by atoms with Gasteiger partial charge in [-0.1, -0.05) is 23.2 Å². The SMILES string of the molecule is NC1=CC(N)(c2cc(Cl)cc(Cl)c2)NN1. The zero-order valence-corrected chi connectivity index (χ0v) is 9.23. The minimum atomic E-state index is -0.876. The van der Waals surface area contributed by atoms with Crippen molar-refractivity contribution in [3.05, 3.63) is 45.7 Å². The highest BCUT2D eigenvalue weighted by Gasteiger charge is 2.30. The van der Waals surface area contributed by atoms with Gasteiger partial charge in [-0.25, -0.2) is 5.43 Å². The van der Waals surface area contributed by atoms with E-state index in [-0.39, 0.29) is 0 Å². The van der Waals surface area contributed by atoms with Crippen molar-refractivity contribution in [3.8, 4) is 0 Å². The highest BCUT2D eigenvalue weighted by molar-refractivity contribution is 6.34. The van der Waals surface area contributed by atoms with Crippen LogP contribution in [0.1, 0.15) is 5.56 Å². The predicted molar refractivity (Wildman–Crippen MR) is 60.9 cm³/mol. The summed E-state index contributed by atoms with van der Waals surface area (Å²) in [5, 5.41) is 1.06. The fourth-order valence-electron chi connectivity index (χ4n) is 1.44. The lowest BCUT2D eigenvalue weighted by Gasteiger charge is -2.22. The predicted octanol–water partition coefficient (Wildman–Crippen LogP) is 1.01. The summed E-state index contributed by atoms with van der Waals surface area (Å²) in [6, 6.07) is 5.11. The Morgan fingerprint density at radius 2 is 1.73 bits per heavy atom. The standard InChI is InChI=1S/C9H10Cl2N4/c10-6-1-5(2-7(11)3-6)9(13)4-8(12)14-15-9/h1-4,14-15H,12-13H2. The number of hydrogen-bond acceptors (Lipinski definition) is 4. The van der Waals surface area contributed by atoms with E-state index in [9.17, 15) is 0 Å². The summed E-state index contributed by atoms with van der Waals surface area (Å²) in [6.07, 6.45) is 1.66. The third-order valence-corrected chi connectivity index (χ3v) is 2.57. The van der Waals surface area contributed by atoms with Gasteiger partial charge in [-0.2, -0.15) is 0 Å². The smallest absolute Gasteiger partial charge is 0.132 e. The summed E-state index contributed by atoms with van der Waals surface area (Å²) < 4.78 is 0. The van der Waals surface area contributed by atoms with Gasteiger partial charge in [0.05, 0.1) is 0 Å². The van der Waals surface area contributed by atoms with Crippen molar-refractivity contribution in [2.45, 2.75) is 5.66 Å². The molecule has 0 aromatic heterocycles. The summed E-state index contributed by atoms with van der Waals surface area (Å²) in [4.78, 5) is 0. The second kappa shape index (κ2) is 3.57. The van der Waals surface area contributed by atoms with Gasteiger partial charge in [0.15, 0.2) is 0 Å². The molecule has 1 aromatic carbocycles. The Labute approximate surface area is 97.2 Å². The van der Waals surface area contributed by atoms with Crippen LogP contribution in [-0.4, -0.2) is 0 Å². The summed E-state index contributed by atoms with van der Waals surface area (Å²) in [6.45, 7) is 0. The van der Waals surface area contributed by atoms with Gasteiger partial charge in [-0.3, -0.25) is 0 Å². The maximum atomic E-state index is 6.06. The van der Waals surface area contributed by atoms with Crippen LogP contribution in [-0.2, 0) is 5.66 Å². The second-order valence-corrected chi connectivity index (χ2v) is 4.25. The summed E-state index contributed by atoms with van der Waals surface area (Å²) in [7, 11) is 0. The van der Waals surface area contributed by atoms with Crippen LogP contribution in [0.4, 0.5) is 0 Å². The van der Waals surface area contributed by atoms with Crippen molar-refractivity contribution in [2.75, 3.05) is 0 Å². The Balaban J connectivity index is 2.45. The first-order chi connectivity index (χ1) is 6.99. The molecular weight excluding hydrogens is 235 g/mol. The molecule has 1 aliphatic heterocycles. The second-order valence-electron chi connectivity index (χ2n) is 3.38. The Hall–Kier alpha value is -0.940. The van der Waals surface area contributed by atoms with E-state index in [0.717, 1.165) is 5.56 Å². The van der Waals surface area contributed by atoms with E-state index in [2.05, 4.69) is 10.9 Å². The van der Waals surface area contributed by atoms with Crippen LogP contribution in [0.3, 0.4) is 0 Å². The first-order valence-corrected chi connectivity index (χ1v) is 5.02. The number of hydrogen-bond donors (Lipinski definition) is 4. The molecule has 1 atom stereocenters. The van der Waals surface area contributed by atoms with E-state index >= 15 is 0 Å². The van der Waals surface area contributed by atoms with Gasteiger partial charge in [-0.05, 0) is 29.8 Å². The maximum absolute atomic E-state index is 6.06. The van der Waals surface area contributed by atoms with Crippen LogP contribution >= 0.6 is 23.2 Å². The Morgan fingerprint density at radius 1 is 1.13 bits per heavy atom. The molecule has 0 bridgehead atoms. The van der Waals surface area contributed by atoms with Gasteiger partial charge < -0.3 is 16.9 Å². The van der Waals surface area contributed by atoms with Gasteiger partial charge in [-0.15, -0.1) is 0 Å². The zero-order chi connectivity index (χ0) is 11.1. The van der Waals surface area contributed by atoms with Crippen molar-refractivity contribution in [1.29, 1.82) is 0 Å². The quantitative estimate of drug-likeness (QED) is 0.595. The molecule has 0 aliphatic carbocycles.